The highest BCUT2D eigenvalue weighted by molar-refractivity contribution is 5.40. The molecule has 0 radical (unpaired) electrons. The summed E-state index contributed by atoms with van der Waals surface area (Å²) in [7, 11) is 1.63. The van der Waals surface area contributed by atoms with Gasteiger partial charge in [-0.3, -0.25) is 0 Å². The topological polar surface area (TPSA) is 47.3 Å². The maximum absolute atomic E-state index is 9.59. The average Bonchev–Trinajstić information content (AvgIpc) is 2.70. The lowest BCUT2D eigenvalue weighted by atomic mass is 10.2. The summed E-state index contributed by atoms with van der Waals surface area (Å²) < 4.78 is 6.82. The molecule has 0 unspecified atom stereocenters. The Kier molecular flexibility index (Phi) is 2.81. The lowest BCUT2D eigenvalue weighted by Gasteiger charge is -2.06. The van der Waals surface area contributed by atoms with Gasteiger partial charge >= 0.3 is 0 Å². The van der Waals surface area contributed by atoms with Gasteiger partial charge in [0.1, 0.15) is 5.75 Å². The van der Waals surface area contributed by atoms with Gasteiger partial charge in [0.15, 0.2) is 5.75 Å². The van der Waals surface area contributed by atoms with Gasteiger partial charge < -0.3 is 9.84 Å². The molecule has 16 heavy (non-hydrogen) atoms. The third-order valence-electron chi connectivity index (χ3n) is 2.50. The quantitative estimate of drug-likeness (QED) is 0.858. The monoisotopic (exact) mass is 218 g/mol. The first-order valence-corrected chi connectivity index (χ1v) is 5.16. The van der Waals surface area contributed by atoms with E-state index in [0.717, 1.165) is 23.6 Å². The van der Waals surface area contributed by atoms with Gasteiger partial charge in [0, 0.05) is 0 Å². The second-order valence-electron chi connectivity index (χ2n) is 3.44. The standard InChI is InChI=1S/C12H14N2O2/c1-3-11-12(15)8-13-14(11)9-4-6-10(16-2)7-5-9/h4-8,15H,3H2,1-2H3. The average molecular weight is 218 g/mol. The first-order chi connectivity index (χ1) is 7.76. The molecular weight excluding hydrogens is 204 g/mol. The zero-order valence-corrected chi connectivity index (χ0v) is 9.34. The van der Waals surface area contributed by atoms with Gasteiger partial charge in [0.05, 0.1) is 24.7 Å². The molecule has 0 bridgehead atoms. The highest BCUT2D eigenvalue weighted by atomic mass is 16.5. The summed E-state index contributed by atoms with van der Waals surface area (Å²) in [5.41, 5.74) is 1.73. The highest BCUT2D eigenvalue weighted by Crippen LogP contribution is 2.21. The highest BCUT2D eigenvalue weighted by Gasteiger charge is 2.09. The van der Waals surface area contributed by atoms with Gasteiger partial charge in [-0.1, -0.05) is 6.92 Å². The van der Waals surface area contributed by atoms with Crippen LogP contribution < -0.4 is 4.74 Å². The molecule has 4 heteroatoms. The van der Waals surface area contributed by atoms with Crippen molar-refractivity contribution in [2.75, 3.05) is 7.11 Å². The molecule has 84 valence electrons. The van der Waals surface area contributed by atoms with Gasteiger partial charge in [0.2, 0.25) is 0 Å². The summed E-state index contributed by atoms with van der Waals surface area (Å²) in [6.45, 7) is 1.98. The molecular formula is C12H14N2O2. The van der Waals surface area contributed by atoms with E-state index in [0.29, 0.717) is 0 Å². The minimum absolute atomic E-state index is 0.235. The first kappa shape index (κ1) is 10.5. The number of hydrogen-bond acceptors (Lipinski definition) is 3. The molecule has 0 aliphatic carbocycles. The molecule has 0 aliphatic heterocycles. The van der Waals surface area contributed by atoms with Crippen LogP contribution in [0, 0.1) is 0 Å². The van der Waals surface area contributed by atoms with Crippen LogP contribution in [0.15, 0.2) is 30.5 Å². The van der Waals surface area contributed by atoms with Crippen molar-refractivity contribution >= 4 is 0 Å². The van der Waals surface area contributed by atoms with Crippen LogP contribution >= 0.6 is 0 Å². The molecule has 0 aliphatic rings. The molecule has 2 rings (SSSR count). The van der Waals surface area contributed by atoms with Crippen LogP contribution in [-0.2, 0) is 6.42 Å². The molecule has 2 aromatic rings. The molecule has 1 heterocycles. The van der Waals surface area contributed by atoms with Crippen LogP contribution in [0.5, 0.6) is 11.5 Å². The second kappa shape index (κ2) is 4.26. The summed E-state index contributed by atoms with van der Waals surface area (Å²) in [6, 6.07) is 7.55. The summed E-state index contributed by atoms with van der Waals surface area (Å²) in [5, 5.41) is 13.7. The van der Waals surface area contributed by atoms with Crippen molar-refractivity contribution in [3.8, 4) is 17.2 Å². The normalized spacial score (nSPS) is 10.4. The molecule has 0 saturated carbocycles. The number of methoxy groups -OCH3 is 1. The van der Waals surface area contributed by atoms with Gasteiger partial charge in [-0.2, -0.15) is 5.10 Å². The zero-order chi connectivity index (χ0) is 11.5. The Hall–Kier alpha value is -1.97. The molecule has 4 nitrogen and oxygen atoms in total. The fraction of sp³-hybridized carbons (Fsp3) is 0.250. The van der Waals surface area contributed by atoms with E-state index in [1.54, 1.807) is 11.8 Å². The van der Waals surface area contributed by atoms with Crippen LogP contribution in [0.4, 0.5) is 0 Å². The maximum Gasteiger partial charge on any atom is 0.157 e. The lowest BCUT2D eigenvalue weighted by molar-refractivity contribution is 0.414. The Morgan fingerprint density at radius 2 is 2.00 bits per heavy atom. The van der Waals surface area contributed by atoms with Gasteiger partial charge in [-0.05, 0) is 30.7 Å². The SMILES string of the molecule is CCc1c(O)cnn1-c1ccc(OC)cc1. The summed E-state index contributed by atoms with van der Waals surface area (Å²) in [4.78, 5) is 0. The van der Waals surface area contributed by atoms with E-state index in [2.05, 4.69) is 5.10 Å². The minimum atomic E-state index is 0.235. The summed E-state index contributed by atoms with van der Waals surface area (Å²) >= 11 is 0. The number of rotatable bonds is 3. The Balaban J connectivity index is 2.42. The Morgan fingerprint density at radius 1 is 1.31 bits per heavy atom. The van der Waals surface area contributed by atoms with E-state index < -0.39 is 0 Å². The maximum atomic E-state index is 9.59. The van der Waals surface area contributed by atoms with E-state index in [1.807, 2.05) is 31.2 Å². The largest absolute Gasteiger partial charge is 0.504 e. The van der Waals surface area contributed by atoms with Gasteiger partial charge in [-0.15, -0.1) is 0 Å². The number of hydrogen-bond donors (Lipinski definition) is 1. The lowest BCUT2D eigenvalue weighted by Crippen LogP contribution is -2.00. The van der Waals surface area contributed by atoms with Crippen LogP contribution in [0.1, 0.15) is 12.6 Å². The van der Waals surface area contributed by atoms with Crippen LogP contribution in [0.2, 0.25) is 0 Å². The number of aromatic nitrogens is 2. The van der Waals surface area contributed by atoms with E-state index >= 15 is 0 Å². The molecule has 0 fully saturated rings. The molecule has 0 atom stereocenters. The molecule has 1 N–H and O–H groups in total. The molecule has 0 spiro atoms. The number of ether oxygens (including phenoxy) is 1. The predicted octanol–water partition coefficient (Wildman–Crippen LogP) is 2.15. The Morgan fingerprint density at radius 3 is 2.56 bits per heavy atom. The Labute approximate surface area is 94.1 Å². The third kappa shape index (κ3) is 1.74. The van der Waals surface area contributed by atoms with E-state index in [4.69, 9.17) is 4.74 Å². The van der Waals surface area contributed by atoms with Crippen molar-refractivity contribution in [2.24, 2.45) is 0 Å². The van der Waals surface area contributed by atoms with Crippen molar-refractivity contribution in [3.63, 3.8) is 0 Å². The number of benzene rings is 1. The van der Waals surface area contributed by atoms with Gasteiger partial charge in [0.25, 0.3) is 0 Å². The number of nitrogens with zero attached hydrogens (tertiary/aromatic N) is 2. The van der Waals surface area contributed by atoms with Crippen molar-refractivity contribution in [1.82, 2.24) is 9.78 Å². The molecule has 0 saturated heterocycles. The second-order valence-corrected chi connectivity index (χ2v) is 3.44. The summed E-state index contributed by atoms with van der Waals surface area (Å²) in [6.07, 6.45) is 2.20. The van der Waals surface area contributed by atoms with Crippen LogP contribution in [0.25, 0.3) is 5.69 Å². The number of aromatic hydroxyl groups is 1. The molecule has 1 aromatic carbocycles. The van der Waals surface area contributed by atoms with Crippen molar-refractivity contribution in [2.45, 2.75) is 13.3 Å². The smallest absolute Gasteiger partial charge is 0.157 e. The molecule has 1 aromatic heterocycles. The van der Waals surface area contributed by atoms with Crippen molar-refractivity contribution in [1.29, 1.82) is 0 Å². The van der Waals surface area contributed by atoms with Crippen molar-refractivity contribution in [3.05, 3.63) is 36.2 Å². The minimum Gasteiger partial charge on any atom is -0.504 e. The third-order valence-corrected chi connectivity index (χ3v) is 2.50. The summed E-state index contributed by atoms with van der Waals surface area (Å²) in [5.74, 6) is 1.04. The van der Waals surface area contributed by atoms with E-state index in [9.17, 15) is 5.11 Å². The zero-order valence-electron chi connectivity index (χ0n) is 9.34. The van der Waals surface area contributed by atoms with Crippen molar-refractivity contribution < 1.29 is 9.84 Å². The van der Waals surface area contributed by atoms with E-state index in [-0.39, 0.29) is 5.75 Å². The predicted molar refractivity (Wildman–Crippen MR) is 61.2 cm³/mol. The van der Waals surface area contributed by atoms with Gasteiger partial charge in [-0.25, -0.2) is 4.68 Å². The van der Waals surface area contributed by atoms with E-state index in [1.165, 1.54) is 6.20 Å². The fourth-order valence-corrected chi connectivity index (χ4v) is 1.64. The van der Waals surface area contributed by atoms with Crippen LogP contribution in [0.3, 0.4) is 0 Å². The molecule has 0 amide bonds. The van der Waals surface area contributed by atoms with Crippen LogP contribution in [-0.4, -0.2) is 22.0 Å². The fourth-order valence-electron chi connectivity index (χ4n) is 1.64. The Bertz CT molecular complexity index is 474. The first-order valence-electron chi connectivity index (χ1n) is 5.16.